The van der Waals surface area contributed by atoms with E-state index in [0.29, 0.717) is 17.6 Å². The average Bonchev–Trinajstić information content (AvgIpc) is 2.91. The molecular weight excluding hydrogens is 288 g/mol. The van der Waals surface area contributed by atoms with E-state index in [0.717, 1.165) is 22.4 Å². The molecule has 4 nitrogen and oxygen atoms in total. The molecule has 1 heterocycles. The number of anilines is 1. The summed E-state index contributed by atoms with van der Waals surface area (Å²) in [5.74, 6) is 0.794. The van der Waals surface area contributed by atoms with Crippen molar-refractivity contribution >= 4 is 28.7 Å². The van der Waals surface area contributed by atoms with Gasteiger partial charge < -0.3 is 14.1 Å². The van der Waals surface area contributed by atoms with Crippen LogP contribution in [-0.4, -0.2) is 19.1 Å². The van der Waals surface area contributed by atoms with E-state index in [9.17, 15) is 0 Å². The Morgan fingerprint density at radius 1 is 1.24 bits per heavy atom. The number of ether oxygens (including phenoxy) is 1. The summed E-state index contributed by atoms with van der Waals surface area (Å²) in [6.45, 7) is 0.594. The van der Waals surface area contributed by atoms with Crippen LogP contribution < -0.4 is 9.64 Å². The third-order valence-corrected chi connectivity index (χ3v) is 3.49. The van der Waals surface area contributed by atoms with Gasteiger partial charge in [0.15, 0.2) is 5.58 Å². The fourth-order valence-electron chi connectivity index (χ4n) is 2.22. The highest BCUT2D eigenvalue weighted by Gasteiger charge is 2.13. The highest BCUT2D eigenvalue weighted by atomic mass is 35.5. The summed E-state index contributed by atoms with van der Waals surface area (Å²) in [7, 11) is 3.57. The molecule has 3 rings (SSSR count). The smallest absolute Gasteiger partial charge is 0.298 e. The Balaban J connectivity index is 1.89. The van der Waals surface area contributed by atoms with Gasteiger partial charge in [-0.3, -0.25) is 0 Å². The van der Waals surface area contributed by atoms with Crippen LogP contribution in [0.4, 0.5) is 6.01 Å². The molecule has 0 radical (unpaired) electrons. The van der Waals surface area contributed by atoms with Gasteiger partial charge >= 0.3 is 0 Å². The van der Waals surface area contributed by atoms with Gasteiger partial charge in [-0.2, -0.15) is 4.98 Å². The minimum Gasteiger partial charge on any atom is -0.496 e. The molecule has 0 saturated carbocycles. The number of hydrogen-bond donors (Lipinski definition) is 0. The molecule has 2 aromatic carbocycles. The number of oxazole rings is 1. The Hall–Kier alpha value is -2.20. The highest BCUT2D eigenvalue weighted by molar-refractivity contribution is 6.30. The lowest BCUT2D eigenvalue weighted by Crippen LogP contribution is -2.17. The van der Waals surface area contributed by atoms with Gasteiger partial charge in [-0.15, -0.1) is 0 Å². The molecule has 0 spiro atoms. The van der Waals surface area contributed by atoms with Gasteiger partial charge in [0.2, 0.25) is 0 Å². The molecule has 0 atom stereocenters. The Kier molecular flexibility index (Phi) is 3.71. The number of rotatable bonds is 4. The lowest BCUT2D eigenvalue weighted by molar-refractivity contribution is 0.409. The van der Waals surface area contributed by atoms with Gasteiger partial charge in [0, 0.05) is 17.6 Å². The van der Waals surface area contributed by atoms with Crippen molar-refractivity contribution in [2.75, 3.05) is 19.1 Å². The summed E-state index contributed by atoms with van der Waals surface area (Å²) in [6.07, 6.45) is 0. The second-order valence-corrected chi connectivity index (χ2v) is 5.21. The average molecular weight is 303 g/mol. The molecule has 1 aromatic heterocycles. The van der Waals surface area contributed by atoms with Gasteiger partial charge in [-0.1, -0.05) is 23.7 Å². The van der Waals surface area contributed by atoms with Gasteiger partial charge in [0.05, 0.1) is 13.7 Å². The number of methoxy groups -OCH3 is 1. The van der Waals surface area contributed by atoms with E-state index in [1.54, 1.807) is 7.11 Å². The molecule has 0 saturated heterocycles. The molecule has 0 aliphatic rings. The second-order valence-electron chi connectivity index (χ2n) is 4.78. The fraction of sp³-hybridized carbons (Fsp3) is 0.188. The fourth-order valence-corrected chi connectivity index (χ4v) is 2.41. The summed E-state index contributed by atoms with van der Waals surface area (Å²) in [6, 6.07) is 13.8. The maximum atomic E-state index is 6.05. The molecule has 3 aromatic rings. The van der Waals surface area contributed by atoms with Crippen molar-refractivity contribution in [2.45, 2.75) is 6.54 Å². The second kappa shape index (κ2) is 5.66. The van der Waals surface area contributed by atoms with Crippen LogP contribution in [0.15, 0.2) is 46.9 Å². The first-order valence-corrected chi connectivity index (χ1v) is 6.94. The summed E-state index contributed by atoms with van der Waals surface area (Å²) in [4.78, 5) is 6.40. The van der Waals surface area contributed by atoms with Crippen LogP contribution in [0.25, 0.3) is 11.1 Å². The number of benzene rings is 2. The number of halogens is 1. The van der Waals surface area contributed by atoms with Gasteiger partial charge in [0.1, 0.15) is 11.3 Å². The van der Waals surface area contributed by atoms with Gasteiger partial charge in [-0.25, -0.2) is 0 Å². The molecule has 0 amide bonds. The first-order valence-electron chi connectivity index (χ1n) is 6.56. The van der Waals surface area contributed by atoms with Crippen LogP contribution in [0.2, 0.25) is 5.02 Å². The number of para-hydroxylation sites is 2. The van der Waals surface area contributed by atoms with Crippen LogP contribution in [0.1, 0.15) is 5.56 Å². The summed E-state index contributed by atoms with van der Waals surface area (Å²) in [5.41, 5.74) is 2.60. The molecule has 0 unspecified atom stereocenters. The molecular formula is C16H15ClN2O2. The number of hydrogen-bond acceptors (Lipinski definition) is 4. The Labute approximate surface area is 127 Å². The van der Waals surface area contributed by atoms with Crippen LogP contribution in [0.3, 0.4) is 0 Å². The molecule has 5 heteroatoms. The zero-order chi connectivity index (χ0) is 14.8. The maximum absolute atomic E-state index is 6.05. The third-order valence-electron chi connectivity index (χ3n) is 3.26. The molecule has 0 aliphatic carbocycles. The Morgan fingerprint density at radius 3 is 2.81 bits per heavy atom. The van der Waals surface area contributed by atoms with E-state index in [2.05, 4.69) is 4.98 Å². The SMILES string of the molecule is COc1ccc(Cl)cc1CN(C)c1nc2ccccc2o1. The van der Waals surface area contributed by atoms with Gasteiger partial charge in [-0.05, 0) is 30.3 Å². The van der Waals surface area contributed by atoms with E-state index >= 15 is 0 Å². The Bertz CT molecular complexity index is 737. The standard InChI is InChI=1S/C16H15ClN2O2/c1-19(10-11-9-12(17)7-8-14(11)20-2)16-18-13-5-3-4-6-15(13)21-16/h3-9H,10H2,1-2H3. The summed E-state index contributed by atoms with van der Waals surface area (Å²) >= 11 is 6.05. The van der Waals surface area contributed by atoms with Crippen molar-refractivity contribution in [3.05, 3.63) is 53.1 Å². The molecule has 0 fully saturated rings. The van der Waals surface area contributed by atoms with Crippen molar-refractivity contribution in [3.63, 3.8) is 0 Å². The zero-order valence-corrected chi connectivity index (χ0v) is 12.6. The van der Waals surface area contributed by atoms with Crippen molar-refractivity contribution in [2.24, 2.45) is 0 Å². The maximum Gasteiger partial charge on any atom is 0.298 e. The van der Waals surface area contributed by atoms with Crippen molar-refractivity contribution < 1.29 is 9.15 Å². The van der Waals surface area contributed by atoms with Crippen LogP contribution in [0, 0.1) is 0 Å². The minimum atomic E-state index is 0.568. The first kappa shape index (κ1) is 13.8. The molecule has 108 valence electrons. The first-order chi connectivity index (χ1) is 10.2. The summed E-state index contributed by atoms with van der Waals surface area (Å²) < 4.78 is 11.1. The highest BCUT2D eigenvalue weighted by Crippen LogP contribution is 2.27. The van der Waals surface area contributed by atoms with Crippen molar-refractivity contribution in [3.8, 4) is 5.75 Å². The van der Waals surface area contributed by atoms with E-state index in [1.807, 2.05) is 54.4 Å². The predicted octanol–water partition coefficient (Wildman–Crippen LogP) is 4.13. The largest absolute Gasteiger partial charge is 0.496 e. The quantitative estimate of drug-likeness (QED) is 0.726. The number of fused-ring (bicyclic) bond motifs is 1. The molecule has 0 aliphatic heterocycles. The lowest BCUT2D eigenvalue weighted by atomic mass is 10.2. The van der Waals surface area contributed by atoms with E-state index in [1.165, 1.54) is 0 Å². The van der Waals surface area contributed by atoms with E-state index in [-0.39, 0.29) is 0 Å². The Morgan fingerprint density at radius 2 is 2.05 bits per heavy atom. The van der Waals surface area contributed by atoms with E-state index < -0.39 is 0 Å². The molecule has 21 heavy (non-hydrogen) atoms. The minimum absolute atomic E-state index is 0.568. The summed E-state index contributed by atoms with van der Waals surface area (Å²) in [5, 5.41) is 0.678. The zero-order valence-electron chi connectivity index (χ0n) is 11.8. The van der Waals surface area contributed by atoms with Crippen LogP contribution >= 0.6 is 11.6 Å². The van der Waals surface area contributed by atoms with Crippen LogP contribution in [-0.2, 0) is 6.54 Å². The topological polar surface area (TPSA) is 38.5 Å². The normalized spacial score (nSPS) is 10.8. The van der Waals surface area contributed by atoms with Crippen LogP contribution in [0.5, 0.6) is 5.75 Å². The number of nitrogens with zero attached hydrogens (tertiary/aromatic N) is 2. The monoisotopic (exact) mass is 302 g/mol. The van der Waals surface area contributed by atoms with Crippen molar-refractivity contribution in [1.82, 2.24) is 4.98 Å². The molecule has 0 N–H and O–H groups in total. The lowest BCUT2D eigenvalue weighted by Gasteiger charge is -2.16. The molecule has 0 bridgehead atoms. The predicted molar refractivity (Wildman–Crippen MR) is 84.1 cm³/mol. The third kappa shape index (κ3) is 2.81. The van der Waals surface area contributed by atoms with Gasteiger partial charge in [0.25, 0.3) is 6.01 Å². The van der Waals surface area contributed by atoms with E-state index in [4.69, 9.17) is 20.8 Å². The number of aromatic nitrogens is 1. The van der Waals surface area contributed by atoms with Crippen molar-refractivity contribution in [1.29, 1.82) is 0 Å².